The topological polar surface area (TPSA) is 48.9 Å². The second-order valence-electron chi connectivity index (χ2n) is 5.86. The van der Waals surface area contributed by atoms with Gasteiger partial charge in [-0.2, -0.15) is 0 Å². The number of rotatable bonds is 9. The van der Waals surface area contributed by atoms with Crippen molar-refractivity contribution in [1.29, 1.82) is 0 Å². The van der Waals surface area contributed by atoms with E-state index < -0.39 is 0 Å². The molecule has 5 nitrogen and oxygen atoms in total. The fourth-order valence-electron chi connectivity index (χ4n) is 2.43. The number of hydrogen-bond donors (Lipinski definition) is 2. The molecule has 0 aliphatic carbocycles. The molecule has 0 amide bonds. The van der Waals surface area contributed by atoms with Crippen LogP contribution in [-0.2, 0) is 4.74 Å². The van der Waals surface area contributed by atoms with Crippen molar-refractivity contribution in [2.75, 3.05) is 45.9 Å². The standard InChI is InChI=1S/C16H34N4O.HI/c1-4-17-16(18-9-8-14-21-15(2)3)19-10-13-20-11-6-5-7-12-20;/h15H,4-14H2,1-3H3,(H2,17,18,19);1H. The van der Waals surface area contributed by atoms with Crippen molar-refractivity contribution in [2.45, 2.75) is 52.6 Å². The fourth-order valence-corrected chi connectivity index (χ4v) is 2.43. The van der Waals surface area contributed by atoms with Gasteiger partial charge in [0.25, 0.3) is 0 Å². The molecule has 1 aliphatic heterocycles. The van der Waals surface area contributed by atoms with Gasteiger partial charge >= 0.3 is 0 Å². The molecule has 0 aromatic heterocycles. The average Bonchev–Trinajstić information content (AvgIpc) is 2.47. The number of aliphatic imine (C=N–C) groups is 1. The summed E-state index contributed by atoms with van der Waals surface area (Å²) >= 11 is 0. The Morgan fingerprint density at radius 1 is 1.18 bits per heavy atom. The monoisotopic (exact) mass is 426 g/mol. The van der Waals surface area contributed by atoms with E-state index in [1.165, 1.54) is 32.4 Å². The van der Waals surface area contributed by atoms with E-state index in [0.717, 1.165) is 45.2 Å². The summed E-state index contributed by atoms with van der Waals surface area (Å²) in [6.45, 7) is 13.3. The summed E-state index contributed by atoms with van der Waals surface area (Å²) in [6.07, 6.45) is 5.38. The van der Waals surface area contributed by atoms with Crippen LogP contribution in [0.1, 0.15) is 46.5 Å². The molecule has 0 radical (unpaired) electrons. The van der Waals surface area contributed by atoms with Crippen LogP contribution in [0.4, 0.5) is 0 Å². The van der Waals surface area contributed by atoms with Gasteiger partial charge in [-0.05, 0) is 53.1 Å². The molecular formula is C16H35IN4O. The molecule has 0 spiro atoms. The van der Waals surface area contributed by atoms with Crippen LogP contribution in [-0.4, -0.2) is 62.8 Å². The minimum atomic E-state index is 0. The van der Waals surface area contributed by atoms with Gasteiger partial charge in [-0.3, -0.25) is 4.99 Å². The summed E-state index contributed by atoms with van der Waals surface area (Å²) in [5.74, 6) is 0.930. The van der Waals surface area contributed by atoms with Crippen molar-refractivity contribution in [2.24, 2.45) is 4.99 Å². The molecule has 132 valence electrons. The zero-order chi connectivity index (χ0) is 15.3. The summed E-state index contributed by atoms with van der Waals surface area (Å²) in [4.78, 5) is 7.13. The van der Waals surface area contributed by atoms with Gasteiger partial charge in [-0.15, -0.1) is 24.0 Å². The Balaban J connectivity index is 0.00000441. The highest BCUT2D eigenvalue weighted by Gasteiger charge is 2.09. The molecule has 1 rings (SSSR count). The zero-order valence-electron chi connectivity index (χ0n) is 14.6. The van der Waals surface area contributed by atoms with E-state index in [9.17, 15) is 0 Å². The predicted octanol–water partition coefficient (Wildman–Crippen LogP) is 2.46. The van der Waals surface area contributed by atoms with Crippen molar-refractivity contribution >= 4 is 29.9 Å². The lowest BCUT2D eigenvalue weighted by Gasteiger charge is -2.26. The normalized spacial score (nSPS) is 16.5. The van der Waals surface area contributed by atoms with Crippen LogP contribution >= 0.6 is 24.0 Å². The minimum absolute atomic E-state index is 0. The maximum absolute atomic E-state index is 5.53. The Kier molecular flexibility index (Phi) is 14.5. The third-order valence-electron chi connectivity index (χ3n) is 3.54. The van der Waals surface area contributed by atoms with Crippen LogP contribution in [0.15, 0.2) is 4.99 Å². The highest BCUT2D eigenvalue weighted by atomic mass is 127. The van der Waals surface area contributed by atoms with Crippen molar-refractivity contribution in [3.05, 3.63) is 0 Å². The molecule has 0 aromatic rings. The summed E-state index contributed by atoms with van der Waals surface area (Å²) in [5, 5.41) is 6.72. The summed E-state index contributed by atoms with van der Waals surface area (Å²) in [6, 6.07) is 0. The van der Waals surface area contributed by atoms with E-state index in [2.05, 4.69) is 41.3 Å². The van der Waals surface area contributed by atoms with Crippen LogP contribution in [0.25, 0.3) is 0 Å². The first kappa shape index (κ1) is 21.9. The first-order valence-electron chi connectivity index (χ1n) is 8.58. The highest BCUT2D eigenvalue weighted by molar-refractivity contribution is 14.0. The van der Waals surface area contributed by atoms with Crippen molar-refractivity contribution < 1.29 is 4.74 Å². The number of hydrogen-bond acceptors (Lipinski definition) is 3. The third-order valence-corrected chi connectivity index (χ3v) is 3.54. The summed E-state index contributed by atoms with van der Waals surface area (Å²) in [5.41, 5.74) is 0. The Hall–Kier alpha value is -0.0800. The maximum Gasteiger partial charge on any atom is 0.191 e. The van der Waals surface area contributed by atoms with E-state index in [4.69, 9.17) is 4.74 Å². The van der Waals surface area contributed by atoms with Gasteiger partial charge in [0.1, 0.15) is 0 Å². The Labute approximate surface area is 153 Å². The number of piperidine rings is 1. The number of nitrogens with one attached hydrogen (secondary N) is 2. The first-order valence-corrected chi connectivity index (χ1v) is 8.58. The Morgan fingerprint density at radius 2 is 1.91 bits per heavy atom. The number of halogens is 1. The van der Waals surface area contributed by atoms with E-state index in [1.807, 2.05) is 0 Å². The molecule has 1 fully saturated rings. The van der Waals surface area contributed by atoms with Gasteiger partial charge in [-0.25, -0.2) is 0 Å². The first-order chi connectivity index (χ1) is 10.2. The smallest absolute Gasteiger partial charge is 0.191 e. The molecule has 0 saturated carbocycles. The predicted molar refractivity (Wildman–Crippen MR) is 105 cm³/mol. The van der Waals surface area contributed by atoms with E-state index in [0.29, 0.717) is 6.10 Å². The molecular weight excluding hydrogens is 391 g/mol. The van der Waals surface area contributed by atoms with Gasteiger partial charge < -0.3 is 20.3 Å². The van der Waals surface area contributed by atoms with Gasteiger partial charge in [0.05, 0.1) is 6.10 Å². The Bertz CT molecular complexity index is 281. The molecule has 1 aliphatic rings. The molecule has 6 heteroatoms. The summed E-state index contributed by atoms with van der Waals surface area (Å²) in [7, 11) is 0. The SMILES string of the molecule is CCNC(=NCCCOC(C)C)NCCN1CCCCC1.I. The van der Waals surface area contributed by atoms with Gasteiger partial charge in [-0.1, -0.05) is 6.42 Å². The number of guanidine groups is 1. The molecule has 1 saturated heterocycles. The number of likely N-dealkylation sites (tertiary alicyclic amines) is 1. The quantitative estimate of drug-likeness (QED) is 0.258. The van der Waals surface area contributed by atoms with Crippen molar-refractivity contribution in [1.82, 2.24) is 15.5 Å². The van der Waals surface area contributed by atoms with E-state index in [1.54, 1.807) is 0 Å². The van der Waals surface area contributed by atoms with Gasteiger partial charge in [0.2, 0.25) is 0 Å². The number of nitrogens with zero attached hydrogens (tertiary/aromatic N) is 2. The second kappa shape index (κ2) is 14.5. The second-order valence-corrected chi connectivity index (χ2v) is 5.86. The lowest BCUT2D eigenvalue weighted by atomic mass is 10.1. The van der Waals surface area contributed by atoms with Crippen LogP contribution in [0, 0.1) is 0 Å². The van der Waals surface area contributed by atoms with E-state index >= 15 is 0 Å². The molecule has 2 N–H and O–H groups in total. The minimum Gasteiger partial charge on any atom is -0.379 e. The molecule has 0 unspecified atom stereocenters. The van der Waals surface area contributed by atoms with E-state index in [-0.39, 0.29) is 24.0 Å². The van der Waals surface area contributed by atoms with Crippen LogP contribution < -0.4 is 10.6 Å². The average molecular weight is 426 g/mol. The lowest BCUT2D eigenvalue weighted by molar-refractivity contribution is 0.0782. The molecule has 0 bridgehead atoms. The van der Waals surface area contributed by atoms with Crippen molar-refractivity contribution in [3.8, 4) is 0 Å². The molecule has 0 aromatic carbocycles. The van der Waals surface area contributed by atoms with Gasteiger partial charge in [0, 0.05) is 32.8 Å². The van der Waals surface area contributed by atoms with Crippen LogP contribution in [0.5, 0.6) is 0 Å². The van der Waals surface area contributed by atoms with Crippen LogP contribution in [0.3, 0.4) is 0 Å². The zero-order valence-corrected chi connectivity index (χ0v) is 16.9. The maximum atomic E-state index is 5.53. The molecule has 22 heavy (non-hydrogen) atoms. The van der Waals surface area contributed by atoms with Crippen molar-refractivity contribution in [3.63, 3.8) is 0 Å². The molecule has 0 atom stereocenters. The lowest BCUT2D eigenvalue weighted by Crippen LogP contribution is -2.42. The molecule has 1 heterocycles. The van der Waals surface area contributed by atoms with Gasteiger partial charge in [0.15, 0.2) is 5.96 Å². The summed E-state index contributed by atoms with van der Waals surface area (Å²) < 4.78 is 5.53. The highest BCUT2D eigenvalue weighted by Crippen LogP contribution is 2.07. The number of ether oxygens (including phenoxy) is 1. The largest absolute Gasteiger partial charge is 0.379 e. The third kappa shape index (κ3) is 11.5. The Morgan fingerprint density at radius 3 is 2.55 bits per heavy atom. The van der Waals surface area contributed by atoms with Crippen LogP contribution in [0.2, 0.25) is 0 Å². The fraction of sp³-hybridized carbons (Fsp3) is 0.938.